The Hall–Kier alpha value is -4.30. The normalized spacial score (nSPS) is 15.1. The van der Waals surface area contributed by atoms with E-state index in [1.807, 2.05) is 25.2 Å². The van der Waals surface area contributed by atoms with Crippen molar-refractivity contribution in [2.45, 2.75) is 12.3 Å². The minimum absolute atomic E-state index is 0.00312. The monoisotopic (exact) mass is 500 g/mol. The molecular formula is C29H28N2O6. The molecule has 0 saturated carbocycles. The molecule has 3 N–H and O–H groups in total. The molecular weight excluding hydrogens is 472 g/mol. The Bertz CT molecular complexity index is 1510. The number of nitrogens with zero attached hydrogens (tertiary/aromatic N) is 2. The van der Waals surface area contributed by atoms with Gasteiger partial charge in [0.25, 0.3) is 0 Å². The third-order valence-corrected chi connectivity index (χ3v) is 6.91. The lowest BCUT2D eigenvalue weighted by molar-refractivity contribution is -0.133. The summed E-state index contributed by atoms with van der Waals surface area (Å²) in [7, 11) is 2.00. The molecule has 1 saturated heterocycles. The van der Waals surface area contributed by atoms with Crippen LogP contribution in [0.1, 0.15) is 23.5 Å². The molecule has 0 spiro atoms. The lowest BCUT2D eigenvalue weighted by Crippen LogP contribution is -2.47. The number of rotatable bonds is 5. The quantitative estimate of drug-likeness (QED) is 0.381. The fourth-order valence-corrected chi connectivity index (χ4v) is 4.89. The van der Waals surface area contributed by atoms with Gasteiger partial charge in [0.1, 0.15) is 34.0 Å². The molecule has 8 nitrogen and oxygen atoms in total. The standard InChI is InChI=1S/C29H28N2O6/c1-30-10-12-31(13-11-30)26(36)15-21(19-8-5-9-20(32)14-19)27-22(33)16-23(34)28-24(35)17-25(37-29(27)28)18-6-3-2-4-7-18/h2-9,14,16-17,21,32-34H,10-13,15H2,1H3. The van der Waals surface area contributed by atoms with E-state index in [2.05, 4.69) is 4.90 Å². The molecule has 1 aliphatic rings. The van der Waals surface area contributed by atoms with Crippen molar-refractivity contribution in [3.05, 3.63) is 88.1 Å². The molecule has 2 heterocycles. The molecule has 37 heavy (non-hydrogen) atoms. The van der Waals surface area contributed by atoms with Crippen molar-refractivity contribution in [2.24, 2.45) is 0 Å². The molecule has 1 aromatic heterocycles. The van der Waals surface area contributed by atoms with Gasteiger partial charge in [0.05, 0.1) is 0 Å². The van der Waals surface area contributed by atoms with Crippen LogP contribution in [0, 0.1) is 0 Å². The Kier molecular flexibility index (Phi) is 6.58. The predicted octanol–water partition coefficient (Wildman–Crippen LogP) is 3.87. The van der Waals surface area contributed by atoms with Gasteiger partial charge in [0.15, 0.2) is 5.43 Å². The van der Waals surface area contributed by atoms with Crippen LogP contribution in [0.4, 0.5) is 0 Å². The summed E-state index contributed by atoms with van der Waals surface area (Å²) in [6.07, 6.45) is -0.0279. The van der Waals surface area contributed by atoms with Gasteiger partial charge in [-0.1, -0.05) is 42.5 Å². The summed E-state index contributed by atoms with van der Waals surface area (Å²) in [4.78, 5) is 30.5. The van der Waals surface area contributed by atoms with Crippen LogP contribution in [-0.4, -0.2) is 64.3 Å². The highest BCUT2D eigenvalue weighted by molar-refractivity contribution is 5.91. The molecule has 5 rings (SSSR count). The van der Waals surface area contributed by atoms with Crippen LogP contribution < -0.4 is 5.43 Å². The third-order valence-electron chi connectivity index (χ3n) is 6.91. The Morgan fingerprint density at radius 3 is 2.35 bits per heavy atom. The Labute approximate surface area is 213 Å². The molecule has 1 atom stereocenters. The summed E-state index contributed by atoms with van der Waals surface area (Å²) in [5, 5.41) is 31.8. The van der Waals surface area contributed by atoms with Crippen LogP contribution in [0.2, 0.25) is 0 Å². The predicted molar refractivity (Wildman–Crippen MR) is 140 cm³/mol. The second-order valence-electron chi connectivity index (χ2n) is 9.41. The highest BCUT2D eigenvalue weighted by Gasteiger charge is 2.30. The van der Waals surface area contributed by atoms with Gasteiger partial charge in [-0.2, -0.15) is 0 Å². The number of carbonyl (C=O) groups excluding carboxylic acids is 1. The molecule has 8 heteroatoms. The van der Waals surface area contributed by atoms with E-state index in [0.717, 1.165) is 19.2 Å². The van der Waals surface area contributed by atoms with E-state index in [0.29, 0.717) is 24.2 Å². The molecule has 1 unspecified atom stereocenters. The van der Waals surface area contributed by atoms with Crippen LogP contribution in [0.5, 0.6) is 17.2 Å². The smallest absolute Gasteiger partial charge is 0.223 e. The van der Waals surface area contributed by atoms with Crippen molar-refractivity contribution in [1.29, 1.82) is 0 Å². The maximum absolute atomic E-state index is 13.4. The highest BCUT2D eigenvalue weighted by atomic mass is 16.3. The maximum atomic E-state index is 13.4. The van der Waals surface area contributed by atoms with Crippen molar-refractivity contribution >= 4 is 16.9 Å². The Morgan fingerprint density at radius 1 is 0.919 bits per heavy atom. The zero-order valence-corrected chi connectivity index (χ0v) is 20.4. The molecule has 3 aromatic carbocycles. The number of phenolic OH excluding ortho intramolecular Hbond substituents is 3. The van der Waals surface area contributed by atoms with Gasteiger partial charge in [-0.15, -0.1) is 0 Å². The van der Waals surface area contributed by atoms with Crippen molar-refractivity contribution in [3.63, 3.8) is 0 Å². The number of piperazine rings is 1. The second kappa shape index (κ2) is 9.99. The van der Waals surface area contributed by atoms with E-state index >= 15 is 0 Å². The first kappa shape index (κ1) is 24.4. The largest absolute Gasteiger partial charge is 0.508 e. The summed E-state index contributed by atoms with van der Waals surface area (Å²) in [6, 6.07) is 17.9. The summed E-state index contributed by atoms with van der Waals surface area (Å²) in [5.41, 5.74) is 0.952. The Balaban J connectivity index is 1.70. The third kappa shape index (κ3) is 4.88. The molecule has 190 valence electrons. The van der Waals surface area contributed by atoms with E-state index in [1.54, 1.807) is 29.2 Å². The van der Waals surface area contributed by atoms with E-state index in [9.17, 15) is 24.9 Å². The molecule has 4 aromatic rings. The van der Waals surface area contributed by atoms with Crippen molar-refractivity contribution in [3.8, 4) is 28.6 Å². The van der Waals surface area contributed by atoms with Crippen molar-refractivity contribution in [2.75, 3.05) is 33.2 Å². The second-order valence-corrected chi connectivity index (χ2v) is 9.41. The number of phenols is 3. The van der Waals surface area contributed by atoms with Crippen molar-refractivity contribution < 1.29 is 24.5 Å². The minimum atomic E-state index is -0.753. The highest BCUT2D eigenvalue weighted by Crippen LogP contribution is 2.43. The van der Waals surface area contributed by atoms with Gasteiger partial charge in [-0.05, 0) is 24.7 Å². The maximum Gasteiger partial charge on any atom is 0.223 e. The van der Waals surface area contributed by atoms with Gasteiger partial charge in [0, 0.05) is 61.8 Å². The number of amides is 1. The van der Waals surface area contributed by atoms with Gasteiger partial charge < -0.3 is 29.5 Å². The van der Waals surface area contributed by atoms with Crippen LogP contribution in [0.25, 0.3) is 22.3 Å². The Morgan fingerprint density at radius 2 is 1.65 bits per heavy atom. The number of carbonyl (C=O) groups is 1. The SMILES string of the molecule is CN1CCN(C(=O)CC(c2cccc(O)c2)c2c(O)cc(O)c3c(=O)cc(-c4ccccc4)oc23)CC1. The summed E-state index contributed by atoms with van der Waals surface area (Å²) in [6.45, 7) is 2.67. The first-order chi connectivity index (χ1) is 17.8. The molecule has 0 aliphatic carbocycles. The molecule has 1 aliphatic heterocycles. The van der Waals surface area contributed by atoms with E-state index in [1.165, 1.54) is 18.2 Å². The van der Waals surface area contributed by atoms with Crippen LogP contribution >= 0.6 is 0 Å². The van der Waals surface area contributed by atoms with E-state index in [4.69, 9.17) is 4.42 Å². The first-order valence-corrected chi connectivity index (χ1v) is 12.1. The number of fused-ring (bicyclic) bond motifs is 1. The van der Waals surface area contributed by atoms with Crippen molar-refractivity contribution in [1.82, 2.24) is 9.80 Å². The number of likely N-dealkylation sites (N-methyl/N-ethyl adjacent to an activating group) is 1. The lowest BCUT2D eigenvalue weighted by Gasteiger charge is -2.33. The fraction of sp³-hybridized carbons (Fsp3) is 0.241. The average molecular weight is 501 g/mol. The number of hydrogen-bond donors (Lipinski definition) is 3. The lowest BCUT2D eigenvalue weighted by atomic mass is 9.85. The van der Waals surface area contributed by atoms with E-state index < -0.39 is 17.1 Å². The first-order valence-electron chi connectivity index (χ1n) is 12.1. The molecule has 1 amide bonds. The number of hydrogen-bond acceptors (Lipinski definition) is 7. The van der Waals surface area contributed by atoms with E-state index in [-0.39, 0.29) is 46.1 Å². The molecule has 1 fully saturated rings. The van der Waals surface area contributed by atoms with Crippen LogP contribution in [0.3, 0.4) is 0 Å². The zero-order valence-electron chi connectivity index (χ0n) is 20.4. The summed E-state index contributed by atoms with van der Waals surface area (Å²) in [5.74, 6) is -1.32. The fourth-order valence-electron chi connectivity index (χ4n) is 4.89. The number of aromatic hydroxyl groups is 3. The van der Waals surface area contributed by atoms with Gasteiger partial charge >= 0.3 is 0 Å². The number of benzene rings is 3. The van der Waals surface area contributed by atoms with Gasteiger partial charge in [-0.3, -0.25) is 9.59 Å². The van der Waals surface area contributed by atoms with Crippen LogP contribution in [0.15, 0.2) is 75.9 Å². The summed E-state index contributed by atoms with van der Waals surface area (Å²) >= 11 is 0. The summed E-state index contributed by atoms with van der Waals surface area (Å²) < 4.78 is 6.18. The zero-order chi connectivity index (χ0) is 26.1. The molecule has 0 bridgehead atoms. The average Bonchev–Trinajstić information content (AvgIpc) is 2.88. The van der Waals surface area contributed by atoms with Gasteiger partial charge in [-0.25, -0.2) is 0 Å². The molecule has 0 radical (unpaired) electrons. The van der Waals surface area contributed by atoms with Gasteiger partial charge in [0.2, 0.25) is 5.91 Å². The minimum Gasteiger partial charge on any atom is -0.508 e. The topological polar surface area (TPSA) is 114 Å². The van der Waals surface area contributed by atoms with Crippen LogP contribution in [-0.2, 0) is 4.79 Å².